The highest BCUT2D eigenvalue weighted by Crippen LogP contribution is 2.15. The number of benzene rings is 1. The van der Waals surface area contributed by atoms with Crippen LogP contribution in [0.4, 0.5) is 4.39 Å². The maximum atomic E-state index is 12.7. The van der Waals surface area contributed by atoms with Gasteiger partial charge in [-0.15, -0.1) is 0 Å². The minimum absolute atomic E-state index is 0.174. The molecule has 0 spiro atoms. The van der Waals surface area contributed by atoms with Crippen LogP contribution in [-0.2, 0) is 6.54 Å². The van der Waals surface area contributed by atoms with E-state index in [1.54, 1.807) is 0 Å². The maximum absolute atomic E-state index is 12.7. The first kappa shape index (κ1) is 8.14. The van der Waals surface area contributed by atoms with Crippen LogP contribution < -0.4 is 0 Å². The molecule has 0 atom stereocenters. The van der Waals surface area contributed by atoms with Crippen LogP contribution in [0, 0.1) is 10.7 Å². The van der Waals surface area contributed by atoms with Crippen molar-refractivity contribution in [1.29, 1.82) is 0 Å². The van der Waals surface area contributed by atoms with E-state index in [-0.39, 0.29) is 12.1 Å². The summed E-state index contributed by atoms with van der Waals surface area (Å²) < 4.78 is 12.7. The standard InChI is InChI=1S/C7H5ClFNO/c8-6-1-2-7(9)5(3-6)4-10-11/h1-3H,4H2. The van der Waals surface area contributed by atoms with E-state index >= 15 is 0 Å². The van der Waals surface area contributed by atoms with Gasteiger partial charge in [-0.3, -0.25) is 0 Å². The van der Waals surface area contributed by atoms with Gasteiger partial charge < -0.3 is 0 Å². The van der Waals surface area contributed by atoms with Gasteiger partial charge in [0.15, 0.2) is 0 Å². The highest BCUT2D eigenvalue weighted by Gasteiger charge is 2.01. The van der Waals surface area contributed by atoms with Crippen molar-refractivity contribution < 1.29 is 4.39 Å². The van der Waals surface area contributed by atoms with Crippen molar-refractivity contribution in [2.75, 3.05) is 0 Å². The van der Waals surface area contributed by atoms with Gasteiger partial charge in [0.05, 0.1) is 0 Å². The van der Waals surface area contributed by atoms with Crippen molar-refractivity contribution in [3.8, 4) is 0 Å². The Morgan fingerprint density at radius 2 is 2.27 bits per heavy atom. The van der Waals surface area contributed by atoms with Crippen molar-refractivity contribution in [2.24, 2.45) is 5.18 Å². The van der Waals surface area contributed by atoms with Crippen LogP contribution in [0.3, 0.4) is 0 Å². The van der Waals surface area contributed by atoms with Gasteiger partial charge >= 0.3 is 0 Å². The first-order valence-corrected chi connectivity index (χ1v) is 3.35. The smallest absolute Gasteiger partial charge is 0.128 e. The quantitative estimate of drug-likeness (QED) is 0.633. The van der Waals surface area contributed by atoms with Gasteiger partial charge in [-0.2, -0.15) is 4.91 Å². The molecule has 11 heavy (non-hydrogen) atoms. The molecule has 0 saturated carbocycles. The van der Waals surface area contributed by atoms with Crippen LogP contribution in [0.25, 0.3) is 0 Å². The Kier molecular flexibility index (Phi) is 2.54. The molecule has 1 rings (SSSR count). The molecule has 2 nitrogen and oxygen atoms in total. The molecule has 0 aliphatic carbocycles. The van der Waals surface area contributed by atoms with Crippen LogP contribution in [0.1, 0.15) is 5.56 Å². The molecule has 0 aliphatic rings. The third-order valence-electron chi connectivity index (χ3n) is 1.24. The average Bonchev–Trinajstić information content (AvgIpc) is 1.98. The molecule has 0 aliphatic heterocycles. The zero-order valence-electron chi connectivity index (χ0n) is 5.55. The molecule has 0 saturated heterocycles. The molecule has 4 heteroatoms. The second-order valence-corrected chi connectivity index (χ2v) is 2.46. The van der Waals surface area contributed by atoms with E-state index in [0.29, 0.717) is 5.02 Å². The van der Waals surface area contributed by atoms with Crippen molar-refractivity contribution in [3.05, 3.63) is 39.5 Å². The third kappa shape index (κ3) is 1.98. The molecule has 0 radical (unpaired) electrons. The lowest BCUT2D eigenvalue weighted by Crippen LogP contribution is -1.86. The Hall–Kier alpha value is -0.960. The van der Waals surface area contributed by atoms with E-state index in [1.165, 1.54) is 18.2 Å². The summed E-state index contributed by atoms with van der Waals surface area (Å²) in [5, 5.41) is 2.97. The van der Waals surface area contributed by atoms with Crippen LogP contribution >= 0.6 is 11.6 Å². The molecule has 1 aromatic carbocycles. The molecule has 0 bridgehead atoms. The fourth-order valence-electron chi connectivity index (χ4n) is 0.734. The van der Waals surface area contributed by atoms with Crippen LogP contribution in [-0.4, -0.2) is 0 Å². The van der Waals surface area contributed by atoms with E-state index in [2.05, 4.69) is 5.18 Å². The van der Waals surface area contributed by atoms with Crippen molar-refractivity contribution in [2.45, 2.75) is 6.54 Å². The molecule has 0 aromatic heterocycles. The molecule has 0 amide bonds. The minimum Gasteiger partial charge on any atom is -0.207 e. The summed E-state index contributed by atoms with van der Waals surface area (Å²) in [4.78, 5) is 9.78. The van der Waals surface area contributed by atoms with Gasteiger partial charge in [0.25, 0.3) is 0 Å². The molecule has 0 unspecified atom stereocenters. The monoisotopic (exact) mass is 173 g/mol. The topological polar surface area (TPSA) is 29.4 Å². The molecule has 1 aromatic rings. The number of rotatable bonds is 2. The van der Waals surface area contributed by atoms with Crippen molar-refractivity contribution in [3.63, 3.8) is 0 Å². The van der Waals surface area contributed by atoms with Crippen LogP contribution in [0.2, 0.25) is 5.02 Å². The fraction of sp³-hybridized carbons (Fsp3) is 0.143. The molecule has 0 heterocycles. The number of hydrogen-bond acceptors (Lipinski definition) is 2. The maximum Gasteiger partial charge on any atom is 0.128 e. The van der Waals surface area contributed by atoms with Crippen LogP contribution in [0.5, 0.6) is 0 Å². The first-order chi connectivity index (χ1) is 5.24. The minimum atomic E-state index is -0.450. The van der Waals surface area contributed by atoms with E-state index in [4.69, 9.17) is 11.6 Å². The molecule has 58 valence electrons. The highest BCUT2D eigenvalue weighted by atomic mass is 35.5. The Balaban J connectivity index is 3.01. The lowest BCUT2D eigenvalue weighted by molar-refractivity contribution is 0.610. The predicted octanol–water partition coefficient (Wildman–Crippen LogP) is 2.75. The summed E-state index contributed by atoms with van der Waals surface area (Å²) in [6.45, 7) is -0.174. The summed E-state index contributed by atoms with van der Waals surface area (Å²) in [5.74, 6) is -0.450. The second-order valence-electron chi connectivity index (χ2n) is 2.02. The second kappa shape index (κ2) is 3.44. The number of hydrogen-bond donors (Lipinski definition) is 0. The van der Waals surface area contributed by atoms with E-state index in [0.717, 1.165) is 0 Å². The van der Waals surface area contributed by atoms with Crippen molar-refractivity contribution in [1.82, 2.24) is 0 Å². The predicted molar refractivity (Wildman–Crippen MR) is 40.9 cm³/mol. The Morgan fingerprint density at radius 3 is 2.91 bits per heavy atom. The molecular formula is C7H5ClFNO. The third-order valence-corrected chi connectivity index (χ3v) is 1.48. The van der Waals surface area contributed by atoms with E-state index in [1.807, 2.05) is 0 Å². The average molecular weight is 174 g/mol. The lowest BCUT2D eigenvalue weighted by atomic mass is 10.2. The zero-order valence-corrected chi connectivity index (χ0v) is 6.31. The zero-order chi connectivity index (χ0) is 8.27. The van der Waals surface area contributed by atoms with Gasteiger partial charge in [0, 0.05) is 10.6 Å². The van der Waals surface area contributed by atoms with Gasteiger partial charge in [0.1, 0.15) is 12.4 Å². The Morgan fingerprint density at radius 1 is 1.55 bits per heavy atom. The SMILES string of the molecule is O=NCc1cc(Cl)ccc1F. The van der Waals surface area contributed by atoms with Gasteiger partial charge in [-0.25, -0.2) is 4.39 Å². The first-order valence-electron chi connectivity index (χ1n) is 2.97. The normalized spacial score (nSPS) is 9.64. The Bertz CT molecular complexity index is 277. The van der Waals surface area contributed by atoms with Gasteiger partial charge in [-0.1, -0.05) is 16.8 Å². The Labute approximate surface area is 68.0 Å². The fourth-order valence-corrected chi connectivity index (χ4v) is 0.929. The van der Waals surface area contributed by atoms with E-state index < -0.39 is 5.82 Å². The summed E-state index contributed by atoms with van der Waals surface area (Å²) in [6, 6.07) is 4.02. The summed E-state index contributed by atoms with van der Waals surface area (Å²) in [6.07, 6.45) is 0. The number of nitrogens with zero attached hydrogens (tertiary/aromatic N) is 1. The number of halogens is 2. The summed E-state index contributed by atoms with van der Waals surface area (Å²) in [5.41, 5.74) is 0.229. The summed E-state index contributed by atoms with van der Waals surface area (Å²) >= 11 is 5.54. The summed E-state index contributed by atoms with van der Waals surface area (Å²) in [7, 11) is 0. The number of nitroso groups, excluding NO2 is 1. The van der Waals surface area contributed by atoms with Crippen LogP contribution in [0.15, 0.2) is 23.4 Å². The largest absolute Gasteiger partial charge is 0.207 e. The van der Waals surface area contributed by atoms with Gasteiger partial charge in [-0.05, 0) is 18.2 Å². The highest BCUT2D eigenvalue weighted by molar-refractivity contribution is 6.30. The lowest BCUT2D eigenvalue weighted by Gasteiger charge is -1.96. The van der Waals surface area contributed by atoms with E-state index in [9.17, 15) is 9.30 Å². The molecule has 0 N–H and O–H groups in total. The van der Waals surface area contributed by atoms with Gasteiger partial charge in [0.2, 0.25) is 0 Å². The molecule has 0 fully saturated rings. The van der Waals surface area contributed by atoms with Crippen molar-refractivity contribution >= 4 is 11.6 Å². The molecular weight excluding hydrogens is 169 g/mol.